The van der Waals surface area contributed by atoms with Gasteiger partial charge in [-0.05, 0) is 0 Å². The summed E-state index contributed by atoms with van der Waals surface area (Å²) < 4.78 is 0. The maximum Gasteiger partial charge on any atom is 0.291 e. The second kappa shape index (κ2) is 15.7. The van der Waals surface area contributed by atoms with E-state index in [-0.39, 0.29) is 0 Å². The van der Waals surface area contributed by atoms with Gasteiger partial charge in [0.15, 0.2) is 0 Å². The summed E-state index contributed by atoms with van der Waals surface area (Å²) in [4.78, 5) is 8.36. The number of unbranched alkanes of at least 4 members (excludes halogenated alkanes) is 8. The minimum absolute atomic E-state index is 1.37. The molecular formula is C11H25NO3. The lowest BCUT2D eigenvalue weighted by Gasteiger charge is -1.98. The molecule has 0 aliphatic heterocycles. The van der Waals surface area contributed by atoms with Crippen LogP contribution in [0.5, 0.6) is 0 Å². The smallest absolute Gasteiger partial charge is 0.291 e. The van der Waals surface area contributed by atoms with E-state index in [1.807, 2.05) is 0 Å². The summed E-state index contributed by atoms with van der Waals surface area (Å²) >= 11 is 0. The van der Waals surface area contributed by atoms with Gasteiger partial charge in [0, 0.05) is 0 Å². The lowest BCUT2D eigenvalue weighted by molar-refractivity contribution is -0.742. The maximum absolute atomic E-state index is 8.36. The Kier molecular flexibility index (Phi) is 17.4. The van der Waals surface area contributed by atoms with Gasteiger partial charge in [-0.1, -0.05) is 71.6 Å². The maximum atomic E-state index is 8.36. The summed E-state index contributed by atoms with van der Waals surface area (Å²) in [6.45, 7) is 4.55. The molecule has 0 saturated heterocycles. The zero-order valence-corrected chi connectivity index (χ0v) is 10.1. The first-order chi connectivity index (χ1) is 7.15. The van der Waals surface area contributed by atoms with E-state index in [9.17, 15) is 0 Å². The molecule has 1 N–H and O–H groups in total. The van der Waals surface area contributed by atoms with Crippen LogP contribution in [0, 0.1) is 10.1 Å². The summed E-state index contributed by atoms with van der Waals surface area (Å²) in [6, 6.07) is 0. The van der Waals surface area contributed by atoms with Crippen LogP contribution in [0.4, 0.5) is 0 Å². The van der Waals surface area contributed by atoms with Crippen molar-refractivity contribution in [2.45, 2.75) is 71.6 Å². The molecule has 4 heteroatoms. The number of hydrogen-bond acceptors (Lipinski definition) is 2. The zero-order valence-electron chi connectivity index (χ0n) is 10.1. The monoisotopic (exact) mass is 219 g/mol. The Bertz CT molecular complexity index is 117. The fourth-order valence-electron chi connectivity index (χ4n) is 1.38. The minimum atomic E-state index is -1.50. The molecule has 92 valence electrons. The highest BCUT2D eigenvalue weighted by molar-refractivity contribution is 4.44. The first kappa shape index (κ1) is 16.6. The van der Waals surface area contributed by atoms with E-state index in [4.69, 9.17) is 15.3 Å². The molecule has 0 spiro atoms. The molecule has 0 aliphatic carbocycles. The third-order valence-electron chi connectivity index (χ3n) is 2.21. The third kappa shape index (κ3) is 31.9. The average molecular weight is 219 g/mol. The van der Waals surface area contributed by atoms with Crippen molar-refractivity contribution in [3.8, 4) is 0 Å². The Hall–Kier alpha value is -0.800. The van der Waals surface area contributed by atoms with Crippen LogP contribution in [-0.2, 0) is 0 Å². The highest BCUT2D eigenvalue weighted by Gasteiger charge is 1.88. The van der Waals surface area contributed by atoms with E-state index in [0.717, 1.165) is 0 Å². The molecule has 0 aromatic heterocycles. The van der Waals surface area contributed by atoms with Gasteiger partial charge in [-0.2, -0.15) is 0 Å². The topological polar surface area (TPSA) is 63.4 Å². The van der Waals surface area contributed by atoms with E-state index < -0.39 is 5.09 Å². The highest BCUT2D eigenvalue weighted by atomic mass is 16.9. The van der Waals surface area contributed by atoms with Crippen molar-refractivity contribution >= 4 is 0 Å². The molecule has 15 heavy (non-hydrogen) atoms. The number of nitrogens with zero attached hydrogens (tertiary/aromatic N) is 1. The summed E-state index contributed by atoms with van der Waals surface area (Å²) in [6.07, 6.45) is 13.0. The Morgan fingerprint density at radius 3 is 1.27 bits per heavy atom. The van der Waals surface area contributed by atoms with Crippen LogP contribution in [0.2, 0.25) is 0 Å². The molecule has 0 bridgehead atoms. The van der Waals surface area contributed by atoms with Gasteiger partial charge < -0.3 is 5.21 Å². The molecule has 0 amide bonds. The number of hydrogen-bond donors (Lipinski definition) is 1. The Balaban J connectivity index is 0. The van der Waals surface area contributed by atoms with Gasteiger partial charge >= 0.3 is 0 Å². The molecule has 0 saturated carbocycles. The van der Waals surface area contributed by atoms with Crippen molar-refractivity contribution in [2.24, 2.45) is 0 Å². The van der Waals surface area contributed by atoms with Crippen LogP contribution < -0.4 is 0 Å². The summed E-state index contributed by atoms with van der Waals surface area (Å²) in [5.41, 5.74) is 0. The Labute approximate surface area is 92.8 Å². The first-order valence-corrected chi connectivity index (χ1v) is 5.98. The van der Waals surface area contributed by atoms with Gasteiger partial charge in [0.25, 0.3) is 5.09 Å². The SMILES string of the molecule is CCCCCCCCCCC.O=[N+]([O-])O. The molecule has 0 fully saturated rings. The molecular weight excluding hydrogens is 194 g/mol. The summed E-state index contributed by atoms with van der Waals surface area (Å²) in [5, 5.41) is 13.6. The molecule has 0 radical (unpaired) electrons. The van der Waals surface area contributed by atoms with Crippen LogP contribution in [0.1, 0.15) is 71.6 Å². The van der Waals surface area contributed by atoms with E-state index in [2.05, 4.69) is 13.8 Å². The van der Waals surface area contributed by atoms with E-state index >= 15 is 0 Å². The molecule has 0 aromatic rings. The molecule has 4 nitrogen and oxygen atoms in total. The van der Waals surface area contributed by atoms with Crippen molar-refractivity contribution in [3.05, 3.63) is 10.1 Å². The standard InChI is InChI=1S/C11H24.HNO3/c1-3-5-7-9-11-10-8-6-4-2;2-1(3)4/h3-11H2,1-2H3;(H,2,3,4). The molecule has 0 rings (SSSR count). The van der Waals surface area contributed by atoms with Crippen LogP contribution in [0.3, 0.4) is 0 Å². The first-order valence-electron chi connectivity index (χ1n) is 5.98. The van der Waals surface area contributed by atoms with Crippen molar-refractivity contribution in [1.82, 2.24) is 0 Å². The fourth-order valence-corrected chi connectivity index (χ4v) is 1.38. The van der Waals surface area contributed by atoms with Crippen LogP contribution >= 0.6 is 0 Å². The predicted molar refractivity (Wildman–Crippen MR) is 61.7 cm³/mol. The van der Waals surface area contributed by atoms with Gasteiger partial charge in [0.2, 0.25) is 0 Å². The van der Waals surface area contributed by atoms with Crippen LogP contribution in [0.15, 0.2) is 0 Å². The largest absolute Gasteiger partial charge is 0.328 e. The van der Waals surface area contributed by atoms with Crippen LogP contribution in [-0.4, -0.2) is 10.3 Å². The average Bonchev–Trinajstić information content (AvgIpc) is 2.16. The second-order valence-electron chi connectivity index (χ2n) is 3.71. The van der Waals surface area contributed by atoms with Gasteiger partial charge in [0.05, 0.1) is 0 Å². The predicted octanol–water partition coefficient (Wildman–Crippen LogP) is 4.19. The van der Waals surface area contributed by atoms with E-state index in [1.54, 1.807) is 0 Å². The van der Waals surface area contributed by atoms with Crippen molar-refractivity contribution in [1.29, 1.82) is 0 Å². The lowest BCUT2D eigenvalue weighted by Crippen LogP contribution is -1.81. The van der Waals surface area contributed by atoms with Gasteiger partial charge in [-0.25, -0.2) is 0 Å². The summed E-state index contributed by atoms with van der Waals surface area (Å²) in [5.74, 6) is 0. The minimum Gasteiger partial charge on any atom is -0.328 e. The van der Waals surface area contributed by atoms with Crippen molar-refractivity contribution < 1.29 is 10.3 Å². The molecule has 0 aromatic carbocycles. The van der Waals surface area contributed by atoms with Gasteiger partial charge in [-0.15, -0.1) is 10.1 Å². The van der Waals surface area contributed by atoms with Gasteiger partial charge in [0.1, 0.15) is 0 Å². The Morgan fingerprint density at radius 1 is 0.867 bits per heavy atom. The third-order valence-corrected chi connectivity index (χ3v) is 2.21. The molecule has 0 heterocycles. The fraction of sp³-hybridized carbons (Fsp3) is 1.00. The second-order valence-corrected chi connectivity index (χ2v) is 3.71. The van der Waals surface area contributed by atoms with Crippen molar-refractivity contribution in [2.75, 3.05) is 0 Å². The molecule has 0 aliphatic rings. The Morgan fingerprint density at radius 2 is 1.07 bits per heavy atom. The molecule has 0 unspecified atom stereocenters. The van der Waals surface area contributed by atoms with E-state index in [1.165, 1.54) is 57.8 Å². The lowest BCUT2D eigenvalue weighted by atomic mass is 10.1. The highest BCUT2D eigenvalue weighted by Crippen LogP contribution is 2.08. The summed E-state index contributed by atoms with van der Waals surface area (Å²) in [7, 11) is 0. The zero-order chi connectivity index (χ0) is 11.9. The number of rotatable bonds is 8. The molecule has 0 atom stereocenters. The van der Waals surface area contributed by atoms with Crippen LogP contribution in [0.25, 0.3) is 0 Å². The van der Waals surface area contributed by atoms with Crippen molar-refractivity contribution in [3.63, 3.8) is 0 Å². The quantitative estimate of drug-likeness (QED) is 0.378. The van der Waals surface area contributed by atoms with E-state index in [0.29, 0.717) is 0 Å². The van der Waals surface area contributed by atoms with Gasteiger partial charge in [-0.3, -0.25) is 0 Å². The normalized spacial score (nSPS) is 9.20.